The van der Waals surface area contributed by atoms with E-state index in [0.717, 1.165) is 12.1 Å². The second-order valence-electron chi connectivity index (χ2n) is 4.37. The Morgan fingerprint density at radius 3 is 2.41 bits per heavy atom. The van der Waals surface area contributed by atoms with Crippen LogP contribution < -0.4 is 5.73 Å². The van der Waals surface area contributed by atoms with Crippen molar-refractivity contribution in [3.63, 3.8) is 0 Å². The molecule has 1 aromatic rings. The van der Waals surface area contributed by atoms with Gasteiger partial charge in [0.2, 0.25) is 0 Å². The summed E-state index contributed by atoms with van der Waals surface area (Å²) in [6, 6.07) is 0.159. The van der Waals surface area contributed by atoms with Crippen LogP contribution in [0, 0.1) is 0 Å². The van der Waals surface area contributed by atoms with Gasteiger partial charge in [-0.3, -0.25) is 9.48 Å². The Bertz CT molecular complexity index is 409. The molecule has 0 radical (unpaired) electrons. The van der Waals surface area contributed by atoms with Crippen LogP contribution in [0.4, 0.5) is 5.69 Å². The fourth-order valence-electron chi connectivity index (χ4n) is 1.99. The zero-order valence-corrected chi connectivity index (χ0v) is 11.3. The monoisotopic (exact) mass is 238 g/mol. The SMILES string of the molecule is CCc1nn(C)c(C(=O)N(CC)C(C)C)c1N. The lowest BCUT2D eigenvalue weighted by Crippen LogP contribution is -2.38. The Hall–Kier alpha value is -1.52. The first-order valence-corrected chi connectivity index (χ1v) is 6.06. The summed E-state index contributed by atoms with van der Waals surface area (Å²) in [4.78, 5) is 14.2. The molecule has 5 heteroatoms. The first-order chi connectivity index (χ1) is 7.93. The maximum absolute atomic E-state index is 12.4. The molecule has 0 bridgehead atoms. The number of nitrogens with zero attached hydrogens (tertiary/aromatic N) is 3. The quantitative estimate of drug-likeness (QED) is 0.863. The van der Waals surface area contributed by atoms with Crippen LogP contribution in [0.2, 0.25) is 0 Å². The van der Waals surface area contributed by atoms with E-state index in [9.17, 15) is 4.79 Å². The Morgan fingerprint density at radius 2 is 2.06 bits per heavy atom. The number of hydrogen-bond acceptors (Lipinski definition) is 3. The van der Waals surface area contributed by atoms with Gasteiger partial charge in [0.15, 0.2) is 0 Å². The normalized spacial score (nSPS) is 10.9. The molecule has 5 nitrogen and oxygen atoms in total. The van der Waals surface area contributed by atoms with Crippen LogP contribution >= 0.6 is 0 Å². The molecule has 96 valence electrons. The van der Waals surface area contributed by atoms with Gasteiger partial charge in [-0.15, -0.1) is 0 Å². The molecule has 1 aromatic heterocycles. The van der Waals surface area contributed by atoms with Crippen LogP contribution in [-0.2, 0) is 13.5 Å². The molecule has 0 aliphatic heterocycles. The van der Waals surface area contributed by atoms with Crippen molar-refractivity contribution in [2.75, 3.05) is 12.3 Å². The lowest BCUT2D eigenvalue weighted by molar-refractivity contribution is 0.0707. The topological polar surface area (TPSA) is 64.2 Å². The molecule has 0 fully saturated rings. The average molecular weight is 238 g/mol. The van der Waals surface area contributed by atoms with Gasteiger partial charge in [-0.2, -0.15) is 5.10 Å². The first kappa shape index (κ1) is 13.5. The van der Waals surface area contributed by atoms with Crippen LogP contribution in [-0.4, -0.2) is 33.2 Å². The van der Waals surface area contributed by atoms with E-state index in [4.69, 9.17) is 5.73 Å². The molecule has 2 N–H and O–H groups in total. The summed E-state index contributed by atoms with van der Waals surface area (Å²) in [5.74, 6) is -0.0466. The molecular formula is C12H22N4O. The molecule has 0 aromatic carbocycles. The standard InChI is InChI=1S/C12H22N4O/c1-6-9-10(13)11(15(5)14-9)12(17)16(7-2)8(3)4/h8H,6-7,13H2,1-5H3. The first-order valence-electron chi connectivity index (χ1n) is 6.06. The molecule has 1 heterocycles. The van der Waals surface area contributed by atoms with Crippen molar-refractivity contribution in [2.24, 2.45) is 7.05 Å². The molecule has 0 atom stereocenters. The minimum absolute atomic E-state index is 0.0466. The zero-order valence-electron chi connectivity index (χ0n) is 11.3. The van der Waals surface area contributed by atoms with Gasteiger partial charge in [0.05, 0.1) is 11.4 Å². The molecular weight excluding hydrogens is 216 g/mol. The highest BCUT2D eigenvalue weighted by Gasteiger charge is 2.24. The molecule has 1 rings (SSSR count). The van der Waals surface area contributed by atoms with E-state index in [-0.39, 0.29) is 11.9 Å². The lowest BCUT2D eigenvalue weighted by atomic mass is 10.2. The van der Waals surface area contributed by atoms with Crippen molar-refractivity contribution >= 4 is 11.6 Å². The highest BCUT2D eigenvalue weighted by atomic mass is 16.2. The van der Waals surface area contributed by atoms with Crippen molar-refractivity contribution in [3.05, 3.63) is 11.4 Å². The molecule has 0 spiro atoms. The average Bonchev–Trinajstić information content (AvgIpc) is 2.53. The Morgan fingerprint density at radius 1 is 1.47 bits per heavy atom. The van der Waals surface area contributed by atoms with Crippen LogP contribution in [0.15, 0.2) is 0 Å². The van der Waals surface area contributed by atoms with E-state index in [1.807, 2.05) is 27.7 Å². The Labute approximate surface area is 103 Å². The molecule has 0 saturated heterocycles. The van der Waals surface area contributed by atoms with E-state index < -0.39 is 0 Å². The van der Waals surface area contributed by atoms with Gasteiger partial charge in [0.25, 0.3) is 5.91 Å². The summed E-state index contributed by atoms with van der Waals surface area (Å²) in [7, 11) is 1.76. The third-order valence-electron chi connectivity index (χ3n) is 2.92. The summed E-state index contributed by atoms with van der Waals surface area (Å²) in [5, 5.41) is 4.27. The fraction of sp³-hybridized carbons (Fsp3) is 0.667. The predicted molar refractivity (Wildman–Crippen MR) is 68.8 cm³/mol. The number of carbonyl (C=O) groups excluding carboxylic acids is 1. The van der Waals surface area contributed by atoms with Crippen LogP contribution in [0.3, 0.4) is 0 Å². The number of amides is 1. The number of nitrogen functional groups attached to an aromatic ring is 1. The summed E-state index contributed by atoms with van der Waals surface area (Å²) < 4.78 is 1.58. The second kappa shape index (κ2) is 5.21. The number of nitrogens with two attached hydrogens (primary N) is 1. The Kier molecular flexibility index (Phi) is 4.15. The fourth-order valence-corrected chi connectivity index (χ4v) is 1.99. The summed E-state index contributed by atoms with van der Waals surface area (Å²) in [6.07, 6.45) is 0.737. The van der Waals surface area contributed by atoms with Crippen LogP contribution in [0.1, 0.15) is 43.9 Å². The number of carbonyl (C=O) groups is 1. The van der Waals surface area contributed by atoms with E-state index in [1.54, 1.807) is 16.6 Å². The number of aromatic nitrogens is 2. The summed E-state index contributed by atoms with van der Waals surface area (Å²) in [5.41, 5.74) is 7.78. The molecule has 1 amide bonds. The van der Waals surface area contributed by atoms with E-state index in [1.165, 1.54) is 0 Å². The van der Waals surface area contributed by atoms with Gasteiger partial charge in [-0.25, -0.2) is 0 Å². The van der Waals surface area contributed by atoms with Gasteiger partial charge in [0, 0.05) is 19.6 Å². The lowest BCUT2D eigenvalue weighted by Gasteiger charge is -2.25. The largest absolute Gasteiger partial charge is 0.395 e. The summed E-state index contributed by atoms with van der Waals surface area (Å²) in [6.45, 7) is 8.60. The minimum atomic E-state index is -0.0466. The van der Waals surface area contributed by atoms with Gasteiger partial charge in [-0.1, -0.05) is 6.92 Å². The maximum atomic E-state index is 12.4. The van der Waals surface area contributed by atoms with Crippen molar-refractivity contribution < 1.29 is 4.79 Å². The van der Waals surface area contributed by atoms with Crippen molar-refractivity contribution in [3.8, 4) is 0 Å². The second-order valence-corrected chi connectivity index (χ2v) is 4.37. The van der Waals surface area contributed by atoms with Gasteiger partial charge < -0.3 is 10.6 Å². The van der Waals surface area contributed by atoms with Crippen LogP contribution in [0.25, 0.3) is 0 Å². The summed E-state index contributed by atoms with van der Waals surface area (Å²) >= 11 is 0. The van der Waals surface area contributed by atoms with Gasteiger partial charge in [-0.05, 0) is 27.2 Å². The van der Waals surface area contributed by atoms with Crippen molar-refractivity contribution in [1.29, 1.82) is 0 Å². The van der Waals surface area contributed by atoms with E-state index in [2.05, 4.69) is 5.10 Å². The third kappa shape index (κ3) is 2.43. The molecule has 0 aliphatic carbocycles. The molecule has 0 saturated carbocycles. The Balaban J connectivity index is 3.15. The highest BCUT2D eigenvalue weighted by Crippen LogP contribution is 2.19. The predicted octanol–water partition coefficient (Wildman–Crippen LogP) is 1.44. The van der Waals surface area contributed by atoms with E-state index in [0.29, 0.717) is 17.9 Å². The third-order valence-corrected chi connectivity index (χ3v) is 2.92. The number of anilines is 1. The maximum Gasteiger partial charge on any atom is 0.274 e. The van der Waals surface area contributed by atoms with Crippen LogP contribution in [0.5, 0.6) is 0 Å². The zero-order chi connectivity index (χ0) is 13.2. The van der Waals surface area contributed by atoms with Crippen molar-refractivity contribution in [1.82, 2.24) is 14.7 Å². The van der Waals surface area contributed by atoms with Crippen molar-refractivity contribution in [2.45, 2.75) is 40.2 Å². The molecule has 17 heavy (non-hydrogen) atoms. The van der Waals surface area contributed by atoms with Gasteiger partial charge in [0.1, 0.15) is 5.69 Å². The van der Waals surface area contributed by atoms with E-state index >= 15 is 0 Å². The minimum Gasteiger partial charge on any atom is -0.395 e. The van der Waals surface area contributed by atoms with Gasteiger partial charge >= 0.3 is 0 Å². The number of rotatable bonds is 4. The number of hydrogen-bond donors (Lipinski definition) is 1. The highest BCUT2D eigenvalue weighted by molar-refractivity contribution is 5.98. The molecule has 0 unspecified atom stereocenters. The smallest absolute Gasteiger partial charge is 0.274 e. The molecule has 0 aliphatic rings. The number of aryl methyl sites for hydroxylation is 2.